The van der Waals surface area contributed by atoms with Crippen molar-refractivity contribution < 1.29 is 0 Å². The summed E-state index contributed by atoms with van der Waals surface area (Å²) in [6, 6.07) is 0.653. The molecular formula is C17H32N4. The summed E-state index contributed by atoms with van der Waals surface area (Å²) in [5, 5.41) is 12.2. The van der Waals surface area contributed by atoms with E-state index in [-0.39, 0.29) is 5.41 Å². The van der Waals surface area contributed by atoms with Crippen LogP contribution in [-0.2, 0) is 13.5 Å². The standard InChI is InChI=1S/C17H32N4/c1-6-9-18-16-10-13(2)7-8-15(16)17(3,4)11-14-12-21(5)20-19-14/h12-13,15-16,18H,6-11H2,1-5H3. The summed E-state index contributed by atoms with van der Waals surface area (Å²) in [7, 11) is 1.94. The van der Waals surface area contributed by atoms with Crippen LogP contribution in [0.3, 0.4) is 0 Å². The fraction of sp³-hybridized carbons (Fsp3) is 0.882. The van der Waals surface area contributed by atoms with Gasteiger partial charge in [0.1, 0.15) is 0 Å². The van der Waals surface area contributed by atoms with E-state index in [9.17, 15) is 0 Å². The summed E-state index contributed by atoms with van der Waals surface area (Å²) in [5.74, 6) is 1.57. The lowest BCUT2D eigenvalue weighted by molar-refractivity contribution is 0.0933. The summed E-state index contributed by atoms with van der Waals surface area (Å²) in [5.41, 5.74) is 1.39. The summed E-state index contributed by atoms with van der Waals surface area (Å²) in [6.07, 6.45) is 8.29. The van der Waals surface area contributed by atoms with Crippen molar-refractivity contribution in [2.24, 2.45) is 24.3 Å². The van der Waals surface area contributed by atoms with Gasteiger partial charge in [0.2, 0.25) is 0 Å². The number of aromatic nitrogens is 3. The van der Waals surface area contributed by atoms with Crippen molar-refractivity contribution in [2.75, 3.05) is 6.54 Å². The monoisotopic (exact) mass is 292 g/mol. The molecule has 3 atom stereocenters. The van der Waals surface area contributed by atoms with E-state index < -0.39 is 0 Å². The third kappa shape index (κ3) is 4.29. The van der Waals surface area contributed by atoms with Crippen LogP contribution in [0.25, 0.3) is 0 Å². The topological polar surface area (TPSA) is 42.7 Å². The van der Waals surface area contributed by atoms with Crippen molar-refractivity contribution >= 4 is 0 Å². The SMILES string of the molecule is CCCNC1CC(C)CCC1C(C)(C)Cc1cn(C)nn1. The fourth-order valence-electron chi connectivity index (χ4n) is 3.95. The maximum Gasteiger partial charge on any atom is 0.0832 e. The molecule has 1 saturated carbocycles. The average Bonchev–Trinajstić information content (AvgIpc) is 2.80. The molecular weight excluding hydrogens is 260 g/mol. The van der Waals surface area contributed by atoms with Crippen LogP contribution >= 0.6 is 0 Å². The molecule has 0 saturated heterocycles. The lowest BCUT2D eigenvalue weighted by atomic mass is 9.64. The van der Waals surface area contributed by atoms with Crippen LogP contribution in [-0.4, -0.2) is 27.6 Å². The van der Waals surface area contributed by atoms with Gasteiger partial charge in [-0.2, -0.15) is 0 Å². The van der Waals surface area contributed by atoms with Gasteiger partial charge in [-0.15, -0.1) is 5.10 Å². The van der Waals surface area contributed by atoms with E-state index in [1.165, 1.54) is 25.7 Å². The van der Waals surface area contributed by atoms with Crippen molar-refractivity contribution in [3.8, 4) is 0 Å². The van der Waals surface area contributed by atoms with E-state index in [1.54, 1.807) is 4.68 Å². The second-order valence-corrected chi connectivity index (χ2v) is 7.63. The highest BCUT2D eigenvalue weighted by molar-refractivity contribution is 5.01. The van der Waals surface area contributed by atoms with Crippen LogP contribution in [0.5, 0.6) is 0 Å². The Morgan fingerprint density at radius 2 is 2.14 bits per heavy atom. The minimum absolute atomic E-state index is 0.265. The molecule has 1 fully saturated rings. The normalized spacial score (nSPS) is 27.0. The zero-order chi connectivity index (χ0) is 15.5. The fourth-order valence-corrected chi connectivity index (χ4v) is 3.95. The molecule has 1 aromatic rings. The van der Waals surface area contributed by atoms with Gasteiger partial charge in [0, 0.05) is 19.3 Å². The van der Waals surface area contributed by atoms with Crippen LogP contribution in [0, 0.1) is 17.3 Å². The molecule has 0 radical (unpaired) electrons. The number of nitrogens with one attached hydrogen (secondary N) is 1. The van der Waals surface area contributed by atoms with E-state index in [0.717, 1.165) is 30.5 Å². The number of hydrogen-bond acceptors (Lipinski definition) is 3. The van der Waals surface area contributed by atoms with E-state index in [4.69, 9.17) is 0 Å². The van der Waals surface area contributed by atoms with Gasteiger partial charge >= 0.3 is 0 Å². The Morgan fingerprint density at radius 1 is 1.38 bits per heavy atom. The minimum Gasteiger partial charge on any atom is -0.314 e. The molecule has 1 N–H and O–H groups in total. The molecule has 1 aliphatic carbocycles. The van der Waals surface area contributed by atoms with Crippen LogP contribution < -0.4 is 5.32 Å². The van der Waals surface area contributed by atoms with Crippen molar-refractivity contribution in [3.05, 3.63) is 11.9 Å². The van der Waals surface area contributed by atoms with Gasteiger partial charge in [-0.25, -0.2) is 0 Å². The molecule has 21 heavy (non-hydrogen) atoms. The molecule has 0 aliphatic heterocycles. The third-order valence-electron chi connectivity index (χ3n) is 5.06. The second kappa shape index (κ2) is 6.91. The Balaban J connectivity index is 2.07. The minimum atomic E-state index is 0.265. The molecule has 4 nitrogen and oxygen atoms in total. The quantitative estimate of drug-likeness (QED) is 0.875. The molecule has 1 heterocycles. The van der Waals surface area contributed by atoms with E-state index >= 15 is 0 Å². The largest absolute Gasteiger partial charge is 0.314 e. The first-order valence-electron chi connectivity index (χ1n) is 8.51. The molecule has 1 aromatic heterocycles. The van der Waals surface area contributed by atoms with Crippen molar-refractivity contribution in [2.45, 2.75) is 65.8 Å². The highest BCUT2D eigenvalue weighted by Crippen LogP contribution is 2.42. The molecule has 2 rings (SSSR count). The van der Waals surface area contributed by atoms with Gasteiger partial charge in [0.25, 0.3) is 0 Å². The lowest BCUT2D eigenvalue weighted by Gasteiger charge is -2.44. The number of hydrogen-bond donors (Lipinski definition) is 1. The molecule has 3 unspecified atom stereocenters. The number of rotatable bonds is 6. The maximum absolute atomic E-state index is 4.29. The summed E-state index contributed by atoms with van der Waals surface area (Å²) < 4.78 is 1.81. The van der Waals surface area contributed by atoms with Gasteiger partial charge in [0.05, 0.1) is 5.69 Å². The first-order valence-corrected chi connectivity index (χ1v) is 8.51. The maximum atomic E-state index is 4.29. The van der Waals surface area contributed by atoms with Gasteiger partial charge < -0.3 is 5.32 Å². The van der Waals surface area contributed by atoms with Crippen molar-refractivity contribution in [3.63, 3.8) is 0 Å². The Kier molecular flexibility index (Phi) is 5.42. The average molecular weight is 292 g/mol. The van der Waals surface area contributed by atoms with Crippen LogP contribution in [0.2, 0.25) is 0 Å². The summed E-state index contributed by atoms with van der Waals surface area (Å²) >= 11 is 0. The molecule has 1 aliphatic rings. The summed E-state index contributed by atoms with van der Waals surface area (Å²) in [4.78, 5) is 0. The van der Waals surface area contributed by atoms with Crippen LogP contribution in [0.1, 0.15) is 59.1 Å². The highest BCUT2D eigenvalue weighted by Gasteiger charge is 2.39. The van der Waals surface area contributed by atoms with Crippen LogP contribution in [0.15, 0.2) is 6.20 Å². The van der Waals surface area contributed by atoms with Crippen molar-refractivity contribution in [1.29, 1.82) is 0 Å². The zero-order valence-electron chi connectivity index (χ0n) is 14.4. The van der Waals surface area contributed by atoms with E-state index in [0.29, 0.717) is 6.04 Å². The van der Waals surface area contributed by atoms with Gasteiger partial charge in [-0.05, 0) is 49.5 Å². The predicted molar refractivity (Wildman–Crippen MR) is 87.1 cm³/mol. The molecule has 4 heteroatoms. The Morgan fingerprint density at radius 3 is 2.76 bits per heavy atom. The van der Waals surface area contributed by atoms with E-state index in [1.807, 2.05) is 7.05 Å². The highest BCUT2D eigenvalue weighted by atomic mass is 15.4. The second-order valence-electron chi connectivity index (χ2n) is 7.63. The summed E-state index contributed by atoms with van der Waals surface area (Å²) in [6.45, 7) is 10.6. The Bertz CT molecular complexity index is 438. The third-order valence-corrected chi connectivity index (χ3v) is 5.06. The van der Waals surface area contributed by atoms with Gasteiger partial charge in [0.15, 0.2) is 0 Å². The van der Waals surface area contributed by atoms with Gasteiger partial charge in [-0.1, -0.05) is 39.3 Å². The molecule has 0 spiro atoms. The predicted octanol–water partition coefficient (Wildman–Crippen LogP) is 3.19. The molecule has 0 bridgehead atoms. The molecule has 0 amide bonds. The Labute approximate surface area is 129 Å². The number of aryl methyl sites for hydroxylation is 1. The van der Waals surface area contributed by atoms with E-state index in [2.05, 4.69) is 49.5 Å². The zero-order valence-corrected chi connectivity index (χ0v) is 14.4. The smallest absolute Gasteiger partial charge is 0.0832 e. The molecule has 0 aromatic carbocycles. The molecule has 120 valence electrons. The Hall–Kier alpha value is -0.900. The van der Waals surface area contributed by atoms with Crippen LogP contribution in [0.4, 0.5) is 0 Å². The first kappa shape index (κ1) is 16.5. The van der Waals surface area contributed by atoms with Crippen molar-refractivity contribution in [1.82, 2.24) is 20.3 Å². The lowest BCUT2D eigenvalue weighted by Crippen LogP contribution is -2.47. The van der Waals surface area contributed by atoms with Gasteiger partial charge in [-0.3, -0.25) is 4.68 Å². The number of nitrogens with zero attached hydrogens (tertiary/aromatic N) is 3. The first-order chi connectivity index (χ1) is 9.92.